The zero-order chi connectivity index (χ0) is 14.2. The van der Waals surface area contributed by atoms with Gasteiger partial charge in [0.25, 0.3) is 0 Å². The lowest BCUT2D eigenvalue weighted by Crippen LogP contribution is -2.25. The average Bonchev–Trinajstić information content (AvgIpc) is 2.82. The number of benzene rings is 1. The lowest BCUT2D eigenvalue weighted by Gasteiger charge is -2.24. The highest BCUT2D eigenvalue weighted by Crippen LogP contribution is 2.36. The minimum atomic E-state index is -1.91. The molecule has 0 bridgehead atoms. The Morgan fingerprint density at radius 1 is 1.32 bits per heavy atom. The second-order valence-electron chi connectivity index (χ2n) is 4.14. The molecule has 1 aromatic carbocycles. The lowest BCUT2D eigenvalue weighted by atomic mass is 9.91. The van der Waals surface area contributed by atoms with Crippen molar-refractivity contribution < 1.29 is 23.8 Å². The van der Waals surface area contributed by atoms with Crippen LogP contribution in [0.5, 0.6) is 0 Å². The number of hydrogen-bond acceptors (Lipinski definition) is 3. The van der Waals surface area contributed by atoms with Gasteiger partial charge in [-0.25, -0.2) is 13.6 Å². The Morgan fingerprint density at radius 2 is 2.00 bits per heavy atom. The molecule has 0 aliphatic heterocycles. The van der Waals surface area contributed by atoms with E-state index < -0.39 is 23.2 Å². The number of carbonyl (C=O) groups is 1. The van der Waals surface area contributed by atoms with Crippen LogP contribution in [0.15, 0.2) is 29.6 Å². The number of aliphatic hydroxyl groups is 1. The molecule has 1 aromatic heterocycles. The number of carboxylic acids is 1. The quantitative estimate of drug-likeness (QED) is 0.911. The molecule has 0 radical (unpaired) electrons. The van der Waals surface area contributed by atoms with Gasteiger partial charge in [-0.3, -0.25) is 0 Å². The molecule has 2 aromatic rings. The molecule has 0 amide bonds. The standard InChI is InChI=1S/C13H10F2O3S/c1-13(18,8-3-2-4-9(14)10(8)15)11-7(12(16)17)5-6-19-11/h2-6,18H,1H3,(H,16,17). The van der Waals surface area contributed by atoms with Crippen molar-refractivity contribution in [2.45, 2.75) is 12.5 Å². The summed E-state index contributed by atoms with van der Waals surface area (Å²) in [7, 11) is 0. The third kappa shape index (κ3) is 2.24. The second kappa shape index (κ2) is 4.71. The number of carboxylic acid groups (broad SMARTS) is 1. The van der Waals surface area contributed by atoms with Gasteiger partial charge in [0.15, 0.2) is 11.6 Å². The van der Waals surface area contributed by atoms with Gasteiger partial charge in [0, 0.05) is 5.56 Å². The summed E-state index contributed by atoms with van der Waals surface area (Å²) in [5.74, 6) is -3.50. The van der Waals surface area contributed by atoms with Crippen LogP contribution in [0.4, 0.5) is 8.78 Å². The summed E-state index contributed by atoms with van der Waals surface area (Å²) in [6, 6.07) is 4.73. The first-order valence-electron chi connectivity index (χ1n) is 5.34. The number of rotatable bonds is 3. The fourth-order valence-corrected chi connectivity index (χ4v) is 2.82. The molecule has 3 nitrogen and oxygen atoms in total. The Bertz CT molecular complexity index is 635. The molecule has 0 spiro atoms. The van der Waals surface area contributed by atoms with Crippen LogP contribution in [0, 0.1) is 11.6 Å². The minimum Gasteiger partial charge on any atom is -0.478 e. The molecule has 0 aliphatic rings. The topological polar surface area (TPSA) is 57.5 Å². The number of aromatic carboxylic acids is 1. The lowest BCUT2D eigenvalue weighted by molar-refractivity contribution is 0.0670. The molecule has 6 heteroatoms. The number of halogens is 2. The number of thiophene rings is 1. The Balaban J connectivity index is 2.62. The zero-order valence-electron chi connectivity index (χ0n) is 9.85. The summed E-state index contributed by atoms with van der Waals surface area (Å²) in [5.41, 5.74) is -2.33. The van der Waals surface area contributed by atoms with Crippen LogP contribution < -0.4 is 0 Å². The third-order valence-electron chi connectivity index (χ3n) is 2.81. The predicted molar refractivity (Wildman–Crippen MR) is 66.3 cm³/mol. The van der Waals surface area contributed by atoms with E-state index in [1.807, 2.05) is 0 Å². The van der Waals surface area contributed by atoms with E-state index in [0.717, 1.165) is 17.4 Å². The molecule has 0 fully saturated rings. The Labute approximate surface area is 111 Å². The highest BCUT2D eigenvalue weighted by molar-refractivity contribution is 7.10. The summed E-state index contributed by atoms with van der Waals surface area (Å²) in [5, 5.41) is 20.9. The van der Waals surface area contributed by atoms with E-state index in [2.05, 4.69) is 0 Å². The van der Waals surface area contributed by atoms with Crippen LogP contribution in [0.3, 0.4) is 0 Å². The molecule has 1 atom stereocenters. The summed E-state index contributed by atoms with van der Waals surface area (Å²) in [6.07, 6.45) is 0. The monoisotopic (exact) mass is 284 g/mol. The normalized spacial score (nSPS) is 14.1. The van der Waals surface area contributed by atoms with Crippen molar-refractivity contribution in [1.82, 2.24) is 0 Å². The molecular weight excluding hydrogens is 274 g/mol. The maximum atomic E-state index is 13.7. The van der Waals surface area contributed by atoms with Crippen molar-refractivity contribution in [2.75, 3.05) is 0 Å². The molecule has 1 unspecified atom stereocenters. The van der Waals surface area contributed by atoms with Gasteiger partial charge in [0.2, 0.25) is 0 Å². The molecular formula is C13H10F2O3S. The van der Waals surface area contributed by atoms with Gasteiger partial charge in [-0.05, 0) is 24.4 Å². The molecule has 2 rings (SSSR count). The van der Waals surface area contributed by atoms with Crippen molar-refractivity contribution in [3.05, 3.63) is 57.3 Å². The molecule has 100 valence electrons. The molecule has 19 heavy (non-hydrogen) atoms. The van der Waals surface area contributed by atoms with E-state index in [4.69, 9.17) is 5.11 Å². The van der Waals surface area contributed by atoms with Gasteiger partial charge in [-0.1, -0.05) is 12.1 Å². The van der Waals surface area contributed by atoms with Gasteiger partial charge in [-0.2, -0.15) is 0 Å². The summed E-state index contributed by atoms with van der Waals surface area (Å²) >= 11 is 0.974. The highest BCUT2D eigenvalue weighted by atomic mass is 32.1. The Morgan fingerprint density at radius 3 is 2.63 bits per heavy atom. The van der Waals surface area contributed by atoms with Crippen LogP contribution in [0.2, 0.25) is 0 Å². The van der Waals surface area contributed by atoms with Crippen molar-refractivity contribution in [3.63, 3.8) is 0 Å². The maximum absolute atomic E-state index is 13.7. The largest absolute Gasteiger partial charge is 0.478 e. The van der Waals surface area contributed by atoms with E-state index in [0.29, 0.717) is 0 Å². The third-order valence-corrected chi connectivity index (χ3v) is 3.94. The molecule has 1 heterocycles. The van der Waals surface area contributed by atoms with Crippen LogP contribution in [-0.4, -0.2) is 16.2 Å². The first-order valence-corrected chi connectivity index (χ1v) is 6.21. The minimum absolute atomic E-state index is 0.0597. The summed E-state index contributed by atoms with van der Waals surface area (Å²) in [6.45, 7) is 1.24. The molecule has 0 aliphatic carbocycles. The molecule has 2 N–H and O–H groups in total. The van der Waals surface area contributed by atoms with Crippen molar-refractivity contribution >= 4 is 17.3 Å². The van der Waals surface area contributed by atoms with Crippen LogP contribution in [0.25, 0.3) is 0 Å². The van der Waals surface area contributed by atoms with E-state index in [1.54, 1.807) is 0 Å². The first kappa shape index (κ1) is 13.6. The van der Waals surface area contributed by atoms with Crippen LogP contribution in [-0.2, 0) is 5.60 Å². The van der Waals surface area contributed by atoms with E-state index >= 15 is 0 Å². The van der Waals surface area contributed by atoms with Gasteiger partial charge in [0.05, 0.1) is 10.4 Å². The first-order chi connectivity index (χ1) is 8.85. The fourth-order valence-electron chi connectivity index (χ4n) is 1.86. The number of hydrogen-bond donors (Lipinski definition) is 2. The van der Waals surface area contributed by atoms with E-state index in [9.17, 15) is 18.7 Å². The van der Waals surface area contributed by atoms with Gasteiger partial charge in [-0.15, -0.1) is 11.3 Å². The summed E-state index contributed by atoms with van der Waals surface area (Å²) < 4.78 is 27.0. The summed E-state index contributed by atoms with van der Waals surface area (Å²) in [4.78, 5) is 11.1. The second-order valence-corrected chi connectivity index (χ2v) is 5.06. The van der Waals surface area contributed by atoms with Crippen LogP contribution in [0.1, 0.15) is 27.7 Å². The molecule has 0 saturated heterocycles. The van der Waals surface area contributed by atoms with Crippen molar-refractivity contribution in [2.24, 2.45) is 0 Å². The zero-order valence-corrected chi connectivity index (χ0v) is 10.7. The predicted octanol–water partition coefficient (Wildman–Crippen LogP) is 2.98. The van der Waals surface area contributed by atoms with Gasteiger partial charge >= 0.3 is 5.97 Å². The highest BCUT2D eigenvalue weighted by Gasteiger charge is 2.34. The average molecular weight is 284 g/mol. The Hall–Kier alpha value is -1.79. The SMILES string of the molecule is CC(O)(c1cccc(F)c1F)c1sccc1C(=O)O. The van der Waals surface area contributed by atoms with Crippen LogP contribution >= 0.6 is 11.3 Å². The fraction of sp³-hybridized carbons (Fsp3) is 0.154. The van der Waals surface area contributed by atoms with E-state index in [1.165, 1.54) is 30.5 Å². The van der Waals surface area contributed by atoms with Crippen molar-refractivity contribution in [3.8, 4) is 0 Å². The smallest absolute Gasteiger partial charge is 0.336 e. The molecule has 0 saturated carbocycles. The maximum Gasteiger partial charge on any atom is 0.336 e. The van der Waals surface area contributed by atoms with E-state index in [-0.39, 0.29) is 16.0 Å². The van der Waals surface area contributed by atoms with Gasteiger partial charge < -0.3 is 10.2 Å². The van der Waals surface area contributed by atoms with Crippen molar-refractivity contribution in [1.29, 1.82) is 0 Å². The Kier molecular flexibility index (Phi) is 3.38. The van der Waals surface area contributed by atoms with Gasteiger partial charge in [0.1, 0.15) is 5.60 Å².